The number of hydrogen-bond donors (Lipinski definition) is 2. The number of amides is 1. The molecule has 1 amide bonds. The van der Waals surface area contributed by atoms with Gasteiger partial charge < -0.3 is 4.98 Å². The summed E-state index contributed by atoms with van der Waals surface area (Å²) in [5, 5.41) is -0.0182. The summed E-state index contributed by atoms with van der Waals surface area (Å²) in [5.41, 5.74) is 0.402. The number of imidazole rings is 1. The molecule has 1 aromatic heterocycles. The first-order chi connectivity index (χ1) is 9.31. The van der Waals surface area contributed by atoms with Crippen molar-refractivity contribution in [3.05, 3.63) is 45.4 Å². The second kappa shape index (κ2) is 5.55. The largest absolute Gasteiger partial charge is 0.323 e. The fourth-order valence-electron chi connectivity index (χ4n) is 1.56. The van der Waals surface area contributed by atoms with Gasteiger partial charge in [0.2, 0.25) is 5.28 Å². The molecule has 0 bridgehead atoms. The van der Waals surface area contributed by atoms with E-state index < -0.39 is 15.9 Å². The lowest BCUT2D eigenvalue weighted by Gasteiger charge is -2.08. The molecule has 0 radical (unpaired) electrons. The molecule has 20 heavy (non-hydrogen) atoms. The maximum atomic E-state index is 12.1. The molecule has 1 aromatic carbocycles. The number of carbonyl (C=O) groups excluding carboxylic acids is 1. The molecule has 106 valence electrons. The maximum Gasteiger partial charge on any atom is 0.286 e. The Labute approximate surface area is 128 Å². The van der Waals surface area contributed by atoms with Gasteiger partial charge in [0.15, 0.2) is 5.69 Å². The van der Waals surface area contributed by atoms with Crippen molar-refractivity contribution in [1.29, 1.82) is 0 Å². The monoisotopic (exact) mass is 377 g/mol. The van der Waals surface area contributed by atoms with Crippen LogP contribution >= 0.6 is 27.5 Å². The summed E-state index contributed by atoms with van der Waals surface area (Å²) in [4.78, 5) is 18.2. The Morgan fingerprint density at radius 1 is 1.40 bits per heavy atom. The van der Waals surface area contributed by atoms with Crippen LogP contribution in [0.3, 0.4) is 0 Å². The summed E-state index contributed by atoms with van der Waals surface area (Å²) in [6.07, 6.45) is 0. The molecule has 2 N–H and O–H groups in total. The van der Waals surface area contributed by atoms with Crippen molar-refractivity contribution in [3.63, 3.8) is 0 Å². The molecule has 0 unspecified atom stereocenters. The molecule has 0 saturated heterocycles. The zero-order valence-corrected chi connectivity index (χ0v) is 13.3. The van der Waals surface area contributed by atoms with Crippen molar-refractivity contribution in [2.45, 2.75) is 11.8 Å². The highest BCUT2D eigenvalue weighted by molar-refractivity contribution is 9.10. The van der Waals surface area contributed by atoms with E-state index in [4.69, 9.17) is 11.6 Å². The van der Waals surface area contributed by atoms with Crippen molar-refractivity contribution >= 4 is 43.5 Å². The summed E-state index contributed by atoms with van der Waals surface area (Å²) in [6.45, 7) is 1.64. The molecule has 6 nitrogen and oxygen atoms in total. The van der Waals surface area contributed by atoms with Crippen LogP contribution in [0.5, 0.6) is 0 Å². The van der Waals surface area contributed by atoms with Crippen LogP contribution in [0.15, 0.2) is 33.8 Å². The molecule has 0 aliphatic rings. The molecule has 0 fully saturated rings. The van der Waals surface area contributed by atoms with Gasteiger partial charge in [-0.2, -0.15) is 0 Å². The number of carbonyl (C=O) groups is 1. The Balaban J connectivity index is 2.32. The van der Waals surface area contributed by atoms with E-state index in [0.29, 0.717) is 5.56 Å². The van der Waals surface area contributed by atoms with Gasteiger partial charge in [0.25, 0.3) is 15.9 Å². The Hall–Kier alpha value is -1.38. The van der Waals surface area contributed by atoms with E-state index in [0.717, 1.165) is 0 Å². The molecule has 2 rings (SSSR count). The summed E-state index contributed by atoms with van der Waals surface area (Å²) in [5.74, 6) is -0.872. The van der Waals surface area contributed by atoms with Crippen LogP contribution in [0.25, 0.3) is 0 Å². The third-order valence-electron chi connectivity index (χ3n) is 2.46. The van der Waals surface area contributed by atoms with Gasteiger partial charge in [-0.1, -0.05) is 18.2 Å². The number of rotatable bonds is 3. The number of sulfonamides is 1. The summed E-state index contributed by atoms with van der Waals surface area (Å²) in [6, 6.07) is 6.34. The molecule has 0 aliphatic carbocycles. The van der Waals surface area contributed by atoms with Crippen molar-refractivity contribution in [2.24, 2.45) is 0 Å². The first kappa shape index (κ1) is 15.0. The number of hydrogen-bond acceptors (Lipinski definition) is 4. The topological polar surface area (TPSA) is 91.9 Å². The van der Waals surface area contributed by atoms with Crippen LogP contribution in [0.2, 0.25) is 5.28 Å². The van der Waals surface area contributed by atoms with Crippen LogP contribution in [-0.2, 0) is 10.0 Å². The predicted molar refractivity (Wildman–Crippen MR) is 77.1 cm³/mol. The Kier molecular flexibility index (Phi) is 4.17. The highest BCUT2D eigenvalue weighted by atomic mass is 79.9. The minimum Gasteiger partial charge on any atom is -0.323 e. The van der Waals surface area contributed by atoms with Gasteiger partial charge in [-0.05, 0) is 46.1 Å². The van der Waals surface area contributed by atoms with Gasteiger partial charge >= 0.3 is 0 Å². The molecular formula is C11H9BrClN3O3S. The molecule has 0 atom stereocenters. The minimum absolute atomic E-state index is 0.0182. The van der Waals surface area contributed by atoms with E-state index >= 15 is 0 Å². The van der Waals surface area contributed by atoms with Gasteiger partial charge in [-0.15, -0.1) is 0 Å². The molecule has 2 aromatic rings. The normalized spacial score (nSPS) is 11.3. The second-order valence-corrected chi connectivity index (χ2v) is 6.69. The van der Waals surface area contributed by atoms with E-state index in [9.17, 15) is 13.2 Å². The molecule has 9 heteroatoms. The standard InChI is InChI=1S/C11H9BrClN3O3S/c1-6-4-2-3-5-7(6)20(18,19)16-10(17)8-9(12)15-11(13)14-8/h2-5H,1H3,(H,14,15)(H,16,17). The Bertz CT molecular complexity index is 773. The summed E-state index contributed by atoms with van der Waals surface area (Å²) >= 11 is 8.63. The van der Waals surface area contributed by atoms with E-state index in [1.165, 1.54) is 6.07 Å². The third kappa shape index (κ3) is 3.02. The smallest absolute Gasteiger partial charge is 0.286 e. The van der Waals surface area contributed by atoms with Crippen LogP contribution in [0.4, 0.5) is 0 Å². The zero-order valence-electron chi connectivity index (χ0n) is 10.1. The molecule has 1 heterocycles. The number of aryl methyl sites for hydroxylation is 1. The van der Waals surface area contributed by atoms with Crippen LogP contribution in [0, 0.1) is 6.92 Å². The molecule has 0 spiro atoms. The van der Waals surface area contributed by atoms with E-state index in [2.05, 4.69) is 25.9 Å². The van der Waals surface area contributed by atoms with Gasteiger partial charge in [-0.25, -0.2) is 18.1 Å². The average molecular weight is 379 g/mol. The highest BCUT2D eigenvalue weighted by Crippen LogP contribution is 2.18. The number of benzene rings is 1. The van der Waals surface area contributed by atoms with E-state index in [1.54, 1.807) is 25.1 Å². The first-order valence-electron chi connectivity index (χ1n) is 5.35. The number of nitrogens with zero attached hydrogens (tertiary/aromatic N) is 1. The molecule has 0 saturated carbocycles. The Morgan fingerprint density at radius 3 is 2.60 bits per heavy atom. The van der Waals surface area contributed by atoms with Crippen molar-refractivity contribution < 1.29 is 13.2 Å². The number of nitrogens with one attached hydrogen (secondary N) is 2. The summed E-state index contributed by atoms with van der Waals surface area (Å²) in [7, 11) is -3.96. The average Bonchev–Trinajstić information content (AvgIpc) is 2.68. The van der Waals surface area contributed by atoms with Gasteiger partial charge in [0, 0.05) is 0 Å². The number of H-pyrrole nitrogens is 1. The fraction of sp³-hybridized carbons (Fsp3) is 0.0909. The SMILES string of the molecule is Cc1ccccc1S(=O)(=O)NC(=O)c1nc(Cl)[nH]c1Br. The number of aromatic nitrogens is 2. The fourth-order valence-corrected chi connectivity index (χ4v) is 3.51. The second-order valence-electron chi connectivity index (χ2n) is 3.89. The quantitative estimate of drug-likeness (QED) is 0.857. The summed E-state index contributed by atoms with van der Waals surface area (Å²) < 4.78 is 26.4. The highest BCUT2D eigenvalue weighted by Gasteiger charge is 2.23. The van der Waals surface area contributed by atoms with Crippen molar-refractivity contribution in [1.82, 2.24) is 14.7 Å². The van der Waals surface area contributed by atoms with E-state index in [1.807, 2.05) is 4.72 Å². The van der Waals surface area contributed by atoms with E-state index in [-0.39, 0.29) is 20.5 Å². The maximum absolute atomic E-state index is 12.1. The van der Waals surface area contributed by atoms with Crippen molar-refractivity contribution in [2.75, 3.05) is 0 Å². The lowest BCUT2D eigenvalue weighted by Crippen LogP contribution is -2.31. The first-order valence-corrected chi connectivity index (χ1v) is 8.00. The number of halogens is 2. The van der Waals surface area contributed by atoms with Gasteiger partial charge in [-0.3, -0.25) is 4.79 Å². The Morgan fingerprint density at radius 2 is 2.05 bits per heavy atom. The lowest BCUT2D eigenvalue weighted by molar-refractivity contribution is 0.0976. The third-order valence-corrected chi connectivity index (χ3v) is 4.70. The van der Waals surface area contributed by atoms with Gasteiger partial charge in [0.1, 0.15) is 4.60 Å². The predicted octanol–water partition coefficient (Wildman–Crippen LogP) is 2.25. The van der Waals surface area contributed by atoms with Crippen LogP contribution in [0.1, 0.15) is 16.1 Å². The zero-order chi connectivity index (χ0) is 14.9. The molecular weight excluding hydrogens is 370 g/mol. The van der Waals surface area contributed by atoms with Crippen LogP contribution in [-0.4, -0.2) is 24.3 Å². The lowest BCUT2D eigenvalue weighted by atomic mass is 10.2. The van der Waals surface area contributed by atoms with Crippen LogP contribution < -0.4 is 4.72 Å². The van der Waals surface area contributed by atoms with Gasteiger partial charge in [0.05, 0.1) is 4.90 Å². The number of aromatic amines is 1. The minimum atomic E-state index is -3.96. The van der Waals surface area contributed by atoms with Crippen molar-refractivity contribution in [3.8, 4) is 0 Å². The molecule has 0 aliphatic heterocycles.